The van der Waals surface area contributed by atoms with Crippen molar-refractivity contribution in [3.8, 4) is 0 Å². The number of benzene rings is 2. The van der Waals surface area contributed by atoms with Gasteiger partial charge in [0.25, 0.3) is 0 Å². The molecule has 10 heteroatoms. The van der Waals surface area contributed by atoms with Crippen molar-refractivity contribution >= 4 is 62.6 Å². The molecule has 1 N–H and O–H groups in total. The molecule has 0 aliphatic rings. The maximum atomic E-state index is 12.3. The zero-order valence-electron chi connectivity index (χ0n) is 16.7. The summed E-state index contributed by atoms with van der Waals surface area (Å²) < 4.78 is 4.24. The van der Waals surface area contributed by atoms with E-state index in [1.54, 1.807) is 23.1 Å². The average Bonchev–Trinajstić information content (AvgIpc) is 3.38. The number of carbonyl (C=O) groups is 1. The van der Waals surface area contributed by atoms with Crippen LogP contribution >= 0.6 is 46.5 Å². The van der Waals surface area contributed by atoms with Crippen molar-refractivity contribution in [1.82, 2.24) is 25.1 Å². The van der Waals surface area contributed by atoms with Gasteiger partial charge in [-0.25, -0.2) is 4.98 Å². The number of thiazole rings is 1. The molecule has 0 fully saturated rings. The summed E-state index contributed by atoms with van der Waals surface area (Å²) >= 11 is 10.9. The van der Waals surface area contributed by atoms with Gasteiger partial charge in [0.05, 0.1) is 21.7 Å². The average molecular weight is 490 g/mol. The number of halogens is 1. The van der Waals surface area contributed by atoms with Crippen LogP contribution in [0.1, 0.15) is 18.3 Å². The molecule has 0 unspecified atom stereocenters. The fourth-order valence-corrected chi connectivity index (χ4v) is 5.97. The maximum absolute atomic E-state index is 12.3. The summed E-state index contributed by atoms with van der Waals surface area (Å²) in [6.07, 6.45) is 0. The van der Waals surface area contributed by atoms with E-state index in [1.165, 1.54) is 16.5 Å². The first-order chi connectivity index (χ1) is 15.1. The van der Waals surface area contributed by atoms with Gasteiger partial charge in [-0.05, 0) is 30.7 Å². The quantitative estimate of drug-likeness (QED) is 0.323. The Morgan fingerprint density at radius 1 is 1.13 bits per heavy atom. The fourth-order valence-electron chi connectivity index (χ4n) is 2.91. The van der Waals surface area contributed by atoms with E-state index in [4.69, 9.17) is 11.6 Å². The molecule has 4 aromatic rings. The Morgan fingerprint density at radius 2 is 1.94 bits per heavy atom. The highest BCUT2D eigenvalue weighted by Crippen LogP contribution is 2.31. The lowest BCUT2D eigenvalue weighted by Gasteiger charge is -2.08. The molecule has 0 saturated heterocycles. The molecule has 2 aromatic heterocycles. The molecule has 4 rings (SSSR count). The number of thioether (sulfide) groups is 2. The van der Waals surface area contributed by atoms with Crippen LogP contribution < -0.4 is 5.32 Å². The number of carbonyl (C=O) groups excluding carboxylic acids is 1. The van der Waals surface area contributed by atoms with Crippen LogP contribution in [0.5, 0.6) is 0 Å². The summed E-state index contributed by atoms with van der Waals surface area (Å²) in [4.78, 5) is 16.9. The number of hydrogen-bond donors (Lipinski definition) is 1. The van der Waals surface area contributed by atoms with Gasteiger partial charge in [-0.2, -0.15) is 0 Å². The molecule has 0 atom stereocenters. The molecule has 0 bridgehead atoms. The van der Waals surface area contributed by atoms with Crippen LogP contribution in [0.3, 0.4) is 0 Å². The van der Waals surface area contributed by atoms with Gasteiger partial charge >= 0.3 is 0 Å². The molecule has 0 aliphatic carbocycles. The third kappa shape index (κ3) is 5.60. The first-order valence-electron chi connectivity index (χ1n) is 9.67. The molecule has 2 aromatic carbocycles. The second-order valence-corrected chi connectivity index (χ2v) is 10.1. The number of hydrogen-bond acceptors (Lipinski definition) is 7. The summed E-state index contributed by atoms with van der Waals surface area (Å²) in [6.45, 7) is 3.20. The van der Waals surface area contributed by atoms with Gasteiger partial charge in [0.15, 0.2) is 9.50 Å². The van der Waals surface area contributed by atoms with Crippen molar-refractivity contribution in [3.63, 3.8) is 0 Å². The number of nitrogens with zero attached hydrogens (tertiary/aromatic N) is 4. The van der Waals surface area contributed by atoms with Gasteiger partial charge in [0.1, 0.15) is 5.82 Å². The molecule has 160 valence electrons. The molecule has 31 heavy (non-hydrogen) atoms. The Labute approximate surface area is 197 Å². The first kappa shape index (κ1) is 22.1. The van der Waals surface area contributed by atoms with Crippen LogP contribution in [0.25, 0.3) is 10.2 Å². The molecule has 0 saturated carbocycles. The van der Waals surface area contributed by atoms with Gasteiger partial charge in [-0.1, -0.05) is 65.5 Å². The number of fused-ring (bicyclic) bond motifs is 1. The minimum absolute atomic E-state index is 0.0685. The van der Waals surface area contributed by atoms with Gasteiger partial charge in [-0.15, -0.1) is 21.5 Å². The molecule has 1 amide bonds. The minimum atomic E-state index is -0.0685. The maximum Gasteiger partial charge on any atom is 0.230 e. The predicted molar refractivity (Wildman–Crippen MR) is 129 cm³/mol. The topological polar surface area (TPSA) is 72.7 Å². The lowest BCUT2D eigenvalue weighted by Crippen LogP contribution is -2.24. The van der Waals surface area contributed by atoms with Crippen molar-refractivity contribution in [1.29, 1.82) is 0 Å². The second kappa shape index (κ2) is 10.5. The van der Waals surface area contributed by atoms with E-state index in [-0.39, 0.29) is 11.7 Å². The van der Waals surface area contributed by atoms with Crippen LogP contribution in [0.15, 0.2) is 58.0 Å². The smallest absolute Gasteiger partial charge is 0.230 e. The predicted octanol–water partition coefficient (Wildman–Crippen LogP) is 5.26. The zero-order valence-corrected chi connectivity index (χ0v) is 20.0. The van der Waals surface area contributed by atoms with Gasteiger partial charge < -0.3 is 9.88 Å². The lowest BCUT2D eigenvalue weighted by atomic mass is 10.2. The summed E-state index contributed by atoms with van der Waals surface area (Å²) in [6, 6.07) is 15.6. The van der Waals surface area contributed by atoms with Crippen molar-refractivity contribution < 1.29 is 4.79 Å². The number of nitrogens with one attached hydrogen (secondary N) is 1. The van der Waals surface area contributed by atoms with E-state index in [9.17, 15) is 4.79 Å². The Hall–Kier alpha value is -2.07. The number of para-hydroxylation sites is 1. The molecule has 0 spiro atoms. The Morgan fingerprint density at radius 3 is 2.74 bits per heavy atom. The van der Waals surface area contributed by atoms with Crippen LogP contribution in [-0.2, 0) is 23.6 Å². The highest BCUT2D eigenvalue weighted by Gasteiger charge is 2.14. The fraction of sp³-hybridized carbons (Fsp3) is 0.238. The van der Waals surface area contributed by atoms with E-state index in [2.05, 4.69) is 33.5 Å². The third-order valence-corrected chi connectivity index (χ3v) is 7.99. The highest BCUT2D eigenvalue weighted by atomic mass is 35.5. The summed E-state index contributed by atoms with van der Waals surface area (Å²) in [5, 5.41) is 12.9. The monoisotopic (exact) mass is 489 g/mol. The molecular formula is C21H20ClN5OS3. The van der Waals surface area contributed by atoms with E-state index in [0.717, 1.165) is 32.9 Å². The van der Waals surface area contributed by atoms with Crippen LogP contribution in [0, 0.1) is 0 Å². The van der Waals surface area contributed by atoms with Gasteiger partial charge in [0.2, 0.25) is 5.91 Å². The third-order valence-electron chi connectivity index (χ3n) is 4.47. The van der Waals surface area contributed by atoms with Crippen LogP contribution in [-0.4, -0.2) is 31.4 Å². The Kier molecular flexibility index (Phi) is 7.49. The molecular weight excluding hydrogens is 470 g/mol. The van der Waals surface area contributed by atoms with Crippen LogP contribution in [0.4, 0.5) is 0 Å². The molecule has 0 aliphatic heterocycles. The molecule has 0 radical (unpaired) electrons. The molecule has 2 heterocycles. The number of amides is 1. The summed E-state index contributed by atoms with van der Waals surface area (Å²) in [7, 11) is 0. The molecule has 6 nitrogen and oxygen atoms in total. The zero-order chi connectivity index (χ0) is 21.6. The van der Waals surface area contributed by atoms with Crippen molar-refractivity contribution in [2.24, 2.45) is 0 Å². The van der Waals surface area contributed by atoms with E-state index in [0.29, 0.717) is 17.3 Å². The number of aromatic nitrogens is 4. The van der Waals surface area contributed by atoms with E-state index >= 15 is 0 Å². The van der Waals surface area contributed by atoms with Crippen molar-refractivity contribution in [2.75, 3.05) is 5.75 Å². The van der Waals surface area contributed by atoms with Gasteiger partial charge in [0, 0.05) is 18.1 Å². The minimum Gasteiger partial charge on any atom is -0.351 e. The highest BCUT2D eigenvalue weighted by molar-refractivity contribution is 8.00. The van der Waals surface area contributed by atoms with E-state index < -0.39 is 0 Å². The normalized spacial score (nSPS) is 11.2. The Balaban J connectivity index is 1.32. The van der Waals surface area contributed by atoms with Crippen molar-refractivity contribution in [2.45, 2.75) is 35.3 Å². The largest absolute Gasteiger partial charge is 0.351 e. The first-order valence-corrected chi connectivity index (χ1v) is 12.8. The Bertz CT molecular complexity index is 1160. The SMILES string of the molecule is CCn1c(CSc2nc3ccccc3s2)nnc1SCC(=O)NCc1ccccc1Cl. The lowest BCUT2D eigenvalue weighted by molar-refractivity contribution is -0.118. The summed E-state index contributed by atoms with van der Waals surface area (Å²) in [5.74, 6) is 1.76. The van der Waals surface area contributed by atoms with Crippen molar-refractivity contribution in [3.05, 3.63) is 64.9 Å². The van der Waals surface area contributed by atoms with E-state index in [1.807, 2.05) is 47.0 Å². The number of rotatable bonds is 9. The summed E-state index contributed by atoms with van der Waals surface area (Å²) in [5.41, 5.74) is 1.92. The standard InChI is InChI=1S/C21H20ClN5OS3/c1-2-27-18(12-30-21-24-16-9-5-6-10-17(16)31-21)25-26-20(27)29-13-19(28)23-11-14-7-3-4-8-15(14)22/h3-10H,2,11-13H2,1H3,(H,23,28). The van der Waals surface area contributed by atoms with Gasteiger partial charge in [-0.3, -0.25) is 4.79 Å². The second-order valence-electron chi connectivity index (χ2n) is 6.54. The van der Waals surface area contributed by atoms with Crippen LogP contribution in [0.2, 0.25) is 5.02 Å².